The zero-order chi connectivity index (χ0) is 14.9. The van der Waals surface area contributed by atoms with Gasteiger partial charge < -0.3 is 5.73 Å². The summed E-state index contributed by atoms with van der Waals surface area (Å²) >= 11 is 0. The van der Waals surface area contributed by atoms with Crippen LogP contribution in [0.5, 0.6) is 0 Å². The highest BCUT2D eigenvalue weighted by Crippen LogP contribution is 2.09. The van der Waals surface area contributed by atoms with Gasteiger partial charge in [-0.2, -0.15) is 0 Å². The molecule has 0 aromatic rings. The zero-order valence-electron chi connectivity index (χ0n) is 13.5. The molecule has 1 amide bonds. The first-order chi connectivity index (χ1) is 9.77. The number of rotatable bonds is 15. The number of allylic oxidation sites excluding steroid dienone is 2. The Balaban J connectivity index is 3.06. The van der Waals surface area contributed by atoms with Crippen LogP contribution in [0.2, 0.25) is 0 Å². The third kappa shape index (κ3) is 17.2. The Hall–Kier alpha value is -0.790. The van der Waals surface area contributed by atoms with Crippen molar-refractivity contribution < 1.29 is 4.79 Å². The molecule has 0 rings (SSSR count). The van der Waals surface area contributed by atoms with Crippen molar-refractivity contribution in [3.8, 4) is 0 Å². The summed E-state index contributed by atoms with van der Waals surface area (Å²) in [6, 6.07) is 0. The first-order valence-electron chi connectivity index (χ1n) is 8.70. The van der Waals surface area contributed by atoms with Gasteiger partial charge in [0.15, 0.2) is 0 Å². The van der Waals surface area contributed by atoms with E-state index in [2.05, 4.69) is 19.1 Å². The highest BCUT2D eigenvalue weighted by molar-refractivity contribution is 5.73. The van der Waals surface area contributed by atoms with Crippen molar-refractivity contribution in [2.24, 2.45) is 5.73 Å². The molecule has 0 atom stereocenters. The number of carbonyl (C=O) groups excluding carboxylic acids is 1. The average Bonchev–Trinajstić information content (AvgIpc) is 2.43. The molecule has 0 heterocycles. The van der Waals surface area contributed by atoms with Crippen molar-refractivity contribution >= 4 is 5.91 Å². The maximum absolute atomic E-state index is 10.5. The molecule has 0 aromatic carbocycles. The van der Waals surface area contributed by atoms with E-state index in [1.807, 2.05) is 0 Å². The second kappa shape index (κ2) is 16.3. The van der Waals surface area contributed by atoms with Gasteiger partial charge in [-0.3, -0.25) is 4.79 Å². The molecular formula is C18H35NO. The predicted molar refractivity (Wildman–Crippen MR) is 88.6 cm³/mol. The Morgan fingerprint density at radius 3 is 1.70 bits per heavy atom. The van der Waals surface area contributed by atoms with Crippen LogP contribution < -0.4 is 5.73 Å². The molecule has 118 valence electrons. The summed E-state index contributed by atoms with van der Waals surface area (Å²) in [6.07, 6.45) is 21.9. The Labute approximate surface area is 126 Å². The number of hydrogen-bond acceptors (Lipinski definition) is 1. The van der Waals surface area contributed by atoms with Gasteiger partial charge in [0.25, 0.3) is 0 Å². The van der Waals surface area contributed by atoms with Crippen LogP contribution >= 0.6 is 0 Å². The number of carbonyl (C=O) groups is 1. The third-order valence-corrected chi connectivity index (χ3v) is 3.68. The molecule has 0 aromatic heterocycles. The molecule has 0 saturated heterocycles. The van der Waals surface area contributed by atoms with E-state index in [0.29, 0.717) is 6.42 Å². The van der Waals surface area contributed by atoms with Gasteiger partial charge in [0, 0.05) is 6.42 Å². The van der Waals surface area contributed by atoms with Gasteiger partial charge in [-0.25, -0.2) is 0 Å². The van der Waals surface area contributed by atoms with E-state index < -0.39 is 0 Å². The number of primary amides is 1. The van der Waals surface area contributed by atoms with Crippen LogP contribution in [0.4, 0.5) is 0 Å². The number of hydrogen-bond donors (Lipinski definition) is 1. The fourth-order valence-electron chi connectivity index (χ4n) is 2.37. The molecule has 2 heteroatoms. The molecule has 20 heavy (non-hydrogen) atoms. The van der Waals surface area contributed by atoms with Crippen LogP contribution in [-0.4, -0.2) is 5.91 Å². The van der Waals surface area contributed by atoms with Crippen molar-refractivity contribution in [2.75, 3.05) is 0 Å². The summed E-state index contributed by atoms with van der Waals surface area (Å²) in [5.41, 5.74) is 5.10. The van der Waals surface area contributed by atoms with Crippen molar-refractivity contribution in [1.82, 2.24) is 0 Å². The minimum Gasteiger partial charge on any atom is -0.370 e. The van der Waals surface area contributed by atoms with E-state index in [1.54, 1.807) is 0 Å². The molecule has 0 radical (unpaired) electrons. The van der Waals surface area contributed by atoms with E-state index >= 15 is 0 Å². The van der Waals surface area contributed by atoms with Crippen LogP contribution in [0.1, 0.15) is 96.8 Å². The topological polar surface area (TPSA) is 43.1 Å². The fraction of sp³-hybridized carbons (Fsp3) is 0.833. The molecule has 0 spiro atoms. The summed E-state index contributed by atoms with van der Waals surface area (Å²) < 4.78 is 0. The molecule has 0 saturated carbocycles. The summed E-state index contributed by atoms with van der Waals surface area (Å²) in [5, 5.41) is 0. The van der Waals surface area contributed by atoms with Crippen molar-refractivity contribution in [2.45, 2.75) is 96.8 Å². The Morgan fingerprint density at radius 1 is 0.750 bits per heavy atom. The quantitative estimate of drug-likeness (QED) is 0.312. The first kappa shape index (κ1) is 19.2. The third-order valence-electron chi connectivity index (χ3n) is 3.68. The lowest BCUT2D eigenvalue weighted by molar-refractivity contribution is -0.118. The Kier molecular flexibility index (Phi) is 15.6. The van der Waals surface area contributed by atoms with Crippen LogP contribution in [0, 0.1) is 0 Å². The Morgan fingerprint density at radius 2 is 1.20 bits per heavy atom. The van der Waals surface area contributed by atoms with Gasteiger partial charge in [0.1, 0.15) is 0 Å². The van der Waals surface area contributed by atoms with Gasteiger partial charge in [0.05, 0.1) is 0 Å². The lowest BCUT2D eigenvalue weighted by Crippen LogP contribution is -2.09. The van der Waals surface area contributed by atoms with Crippen LogP contribution in [-0.2, 0) is 4.79 Å². The average molecular weight is 281 g/mol. The van der Waals surface area contributed by atoms with E-state index in [9.17, 15) is 4.79 Å². The summed E-state index contributed by atoms with van der Waals surface area (Å²) in [7, 11) is 0. The molecule has 2 N–H and O–H groups in total. The minimum absolute atomic E-state index is 0.162. The maximum atomic E-state index is 10.5. The largest absolute Gasteiger partial charge is 0.370 e. The van der Waals surface area contributed by atoms with E-state index in [-0.39, 0.29) is 5.91 Å². The monoisotopic (exact) mass is 281 g/mol. The van der Waals surface area contributed by atoms with Gasteiger partial charge in [-0.05, 0) is 32.1 Å². The minimum atomic E-state index is -0.162. The van der Waals surface area contributed by atoms with Gasteiger partial charge in [-0.1, -0.05) is 70.4 Å². The molecule has 0 aliphatic carbocycles. The Bertz CT molecular complexity index is 236. The number of amides is 1. The molecule has 0 unspecified atom stereocenters. The van der Waals surface area contributed by atoms with E-state index in [4.69, 9.17) is 5.73 Å². The lowest BCUT2D eigenvalue weighted by Gasteiger charge is -1.99. The normalized spacial score (nSPS) is 11.2. The van der Waals surface area contributed by atoms with Crippen molar-refractivity contribution in [1.29, 1.82) is 0 Å². The molecule has 0 aliphatic heterocycles. The van der Waals surface area contributed by atoms with Crippen LogP contribution in [0.25, 0.3) is 0 Å². The highest BCUT2D eigenvalue weighted by atomic mass is 16.1. The fourth-order valence-corrected chi connectivity index (χ4v) is 2.37. The lowest BCUT2D eigenvalue weighted by atomic mass is 10.1. The van der Waals surface area contributed by atoms with Crippen LogP contribution in [0.3, 0.4) is 0 Å². The van der Waals surface area contributed by atoms with Crippen molar-refractivity contribution in [3.63, 3.8) is 0 Å². The predicted octanol–water partition coefficient (Wildman–Crippen LogP) is 5.51. The van der Waals surface area contributed by atoms with E-state index in [1.165, 1.54) is 70.6 Å². The molecule has 0 aliphatic rings. The highest BCUT2D eigenvalue weighted by Gasteiger charge is 1.94. The van der Waals surface area contributed by atoms with Gasteiger partial charge in [-0.15, -0.1) is 0 Å². The summed E-state index contributed by atoms with van der Waals surface area (Å²) in [4.78, 5) is 10.5. The number of nitrogens with two attached hydrogens (primary N) is 1. The van der Waals surface area contributed by atoms with Crippen LogP contribution in [0.15, 0.2) is 12.2 Å². The zero-order valence-corrected chi connectivity index (χ0v) is 13.5. The molecule has 2 nitrogen and oxygen atoms in total. The summed E-state index contributed by atoms with van der Waals surface area (Å²) in [6.45, 7) is 2.26. The molecule has 0 fully saturated rings. The van der Waals surface area contributed by atoms with Gasteiger partial charge >= 0.3 is 0 Å². The first-order valence-corrected chi connectivity index (χ1v) is 8.70. The van der Waals surface area contributed by atoms with Crippen molar-refractivity contribution in [3.05, 3.63) is 12.2 Å². The molecule has 0 bridgehead atoms. The smallest absolute Gasteiger partial charge is 0.217 e. The molecular weight excluding hydrogens is 246 g/mol. The standard InChI is InChI=1S/C18H35NO/c1-2-3-4-5-6-7-8-9-10-11-12-13-14-15-16-17-18(19)20/h8-9H,2-7,10-17H2,1H3,(H2,19,20). The second-order valence-corrected chi connectivity index (χ2v) is 5.80. The summed E-state index contributed by atoms with van der Waals surface area (Å²) in [5.74, 6) is -0.162. The maximum Gasteiger partial charge on any atom is 0.217 e. The second-order valence-electron chi connectivity index (χ2n) is 5.80. The SMILES string of the molecule is CCCCCCCC=CCCCCCCCCC(N)=O. The van der Waals surface area contributed by atoms with E-state index in [0.717, 1.165) is 12.8 Å². The number of unbranched alkanes of at least 4 members (excludes halogenated alkanes) is 11. The van der Waals surface area contributed by atoms with Gasteiger partial charge in [0.2, 0.25) is 5.91 Å².